The number of benzene rings is 3. The average molecular weight is 666 g/mol. The van der Waals surface area contributed by atoms with Gasteiger partial charge in [0.25, 0.3) is 5.56 Å². The molecule has 0 spiro atoms. The van der Waals surface area contributed by atoms with Crippen LogP contribution in [0.4, 0.5) is 10.5 Å². The highest BCUT2D eigenvalue weighted by Crippen LogP contribution is 2.28. The van der Waals surface area contributed by atoms with Gasteiger partial charge in [-0.1, -0.05) is 48.9 Å². The van der Waals surface area contributed by atoms with E-state index in [1.807, 2.05) is 6.92 Å². The third-order valence-corrected chi connectivity index (χ3v) is 7.75. The number of hydrogen-bond donors (Lipinski definition) is 1. The van der Waals surface area contributed by atoms with E-state index in [1.165, 1.54) is 35.0 Å². The van der Waals surface area contributed by atoms with Crippen LogP contribution in [-0.2, 0) is 19.4 Å². The third-order valence-electron chi connectivity index (χ3n) is 6.44. The normalized spacial score (nSPS) is 12.0. The lowest BCUT2D eigenvalue weighted by molar-refractivity contribution is -0.151. The maximum Gasteiger partial charge on any atom is 0.347 e. The lowest BCUT2D eigenvalue weighted by Crippen LogP contribution is -2.33. The molecule has 2 aromatic heterocycles. The van der Waals surface area contributed by atoms with Gasteiger partial charge in [0.1, 0.15) is 16.9 Å². The number of para-hydroxylation sites is 2. The van der Waals surface area contributed by atoms with E-state index in [9.17, 15) is 22.8 Å². The van der Waals surface area contributed by atoms with Crippen molar-refractivity contribution in [2.75, 3.05) is 18.2 Å². The second kappa shape index (κ2) is 13.4. The lowest BCUT2D eigenvalue weighted by Gasteiger charge is -2.15. The van der Waals surface area contributed by atoms with Crippen molar-refractivity contribution in [3.63, 3.8) is 0 Å². The maximum absolute atomic E-state index is 14.1. The molecule has 0 radical (unpaired) electrons. The Morgan fingerprint density at radius 3 is 2.28 bits per heavy atom. The summed E-state index contributed by atoms with van der Waals surface area (Å²) in [5, 5.41) is 5.95. The predicted octanol–water partition coefficient (Wildman–Crippen LogP) is 5.23. The molecule has 15 heteroatoms. The molecule has 2 heterocycles. The molecule has 5 aromatic rings. The molecule has 1 atom stereocenters. The molecular formula is C31H28ClN5O8S. The molecule has 0 saturated carbocycles. The minimum atomic E-state index is -4.07. The van der Waals surface area contributed by atoms with Crippen LogP contribution in [0.1, 0.15) is 20.3 Å². The zero-order valence-corrected chi connectivity index (χ0v) is 26.4. The summed E-state index contributed by atoms with van der Waals surface area (Å²) in [5.74, 6) is -0.0598. The fraction of sp³-hybridized carbons (Fsp3) is 0.194. The monoisotopic (exact) mass is 665 g/mol. The number of rotatable bonds is 10. The number of ether oxygens (including phenoxy) is 3. The Morgan fingerprint density at radius 2 is 1.63 bits per heavy atom. The molecule has 0 aliphatic rings. The summed E-state index contributed by atoms with van der Waals surface area (Å²) in [6.07, 6.45) is 0.701. The minimum Gasteiger partial charge on any atom is -0.479 e. The number of sulfone groups is 1. The van der Waals surface area contributed by atoms with E-state index in [1.54, 1.807) is 55.5 Å². The summed E-state index contributed by atoms with van der Waals surface area (Å²) in [4.78, 5) is 44.2. The van der Waals surface area contributed by atoms with Crippen LogP contribution in [0.2, 0.25) is 5.02 Å². The topological polar surface area (TPSA) is 161 Å². The first-order valence-electron chi connectivity index (χ1n) is 14.0. The van der Waals surface area contributed by atoms with Gasteiger partial charge in [-0.25, -0.2) is 22.7 Å². The average Bonchev–Trinajstić information content (AvgIpc) is 3.43. The molecule has 238 valence electrons. The van der Waals surface area contributed by atoms with E-state index in [4.69, 9.17) is 25.8 Å². The summed E-state index contributed by atoms with van der Waals surface area (Å²) >= 11 is 6.23. The van der Waals surface area contributed by atoms with Gasteiger partial charge in [0.05, 0.1) is 23.0 Å². The van der Waals surface area contributed by atoms with Gasteiger partial charge in [0.2, 0.25) is 0 Å². The highest BCUT2D eigenvalue weighted by atomic mass is 35.5. The van der Waals surface area contributed by atoms with Crippen LogP contribution in [0.3, 0.4) is 0 Å². The van der Waals surface area contributed by atoms with Gasteiger partial charge in [-0.05, 0) is 61.9 Å². The Kier molecular flexibility index (Phi) is 9.39. The molecule has 1 unspecified atom stereocenters. The summed E-state index contributed by atoms with van der Waals surface area (Å²) in [5.41, 5.74) is -0.616. The van der Waals surface area contributed by atoms with Gasteiger partial charge in [-0.3, -0.25) is 4.79 Å². The van der Waals surface area contributed by atoms with E-state index in [2.05, 4.69) is 15.4 Å². The summed E-state index contributed by atoms with van der Waals surface area (Å²) in [7, 11) is -4.07. The van der Waals surface area contributed by atoms with Crippen LogP contribution >= 0.6 is 11.6 Å². The highest BCUT2D eigenvalue weighted by molar-refractivity contribution is 7.90. The molecule has 0 fully saturated rings. The van der Waals surface area contributed by atoms with Gasteiger partial charge < -0.3 is 19.5 Å². The van der Waals surface area contributed by atoms with Crippen molar-refractivity contribution in [3.8, 4) is 23.2 Å². The number of anilines is 1. The number of nitrogens with zero attached hydrogens (tertiary/aromatic N) is 4. The molecule has 0 aliphatic carbocycles. The van der Waals surface area contributed by atoms with E-state index in [-0.39, 0.29) is 28.7 Å². The summed E-state index contributed by atoms with van der Waals surface area (Å²) < 4.78 is 44.0. The molecule has 0 bridgehead atoms. The van der Waals surface area contributed by atoms with Crippen molar-refractivity contribution in [3.05, 3.63) is 94.2 Å². The number of nitrogens with one attached hydrogen (secondary N) is 1. The highest BCUT2D eigenvalue weighted by Gasteiger charge is 2.29. The first-order valence-corrected chi connectivity index (χ1v) is 16.2. The Hall–Kier alpha value is -5.21. The van der Waals surface area contributed by atoms with Crippen molar-refractivity contribution in [1.82, 2.24) is 19.3 Å². The number of carbonyl (C=O) groups excluding carboxylic acids is 2. The largest absolute Gasteiger partial charge is 0.479 e. The molecule has 5 rings (SSSR count). The van der Waals surface area contributed by atoms with E-state index >= 15 is 0 Å². The standard InChI is InChI=1S/C31H28ClN5O8S/c1-4-18-43-29(39)19(2)44-21-14-16-22(17-15-21)45-31-34-26-25(27(46(3,41)42)35-37(26)20-10-6-5-7-11-20)28(38)36(31)30(40)33-24-13-9-8-12-23(24)32/h5-17,19H,4,18H2,1-3H3,(H,33,40). The first kappa shape index (κ1) is 32.2. The Morgan fingerprint density at radius 1 is 0.978 bits per heavy atom. The van der Waals surface area contributed by atoms with Crippen molar-refractivity contribution in [2.24, 2.45) is 0 Å². The van der Waals surface area contributed by atoms with Gasteiger partial charge >= 0.3 is 18.0 Å². The van der Waals surface area contributed by atoms with Crippen LogP contribution in [-0.4, -0.2) is 58.7 Å². The second-order valence-electron chi connectivity index (χ2n) is 9.97. The summed E-state index contributed by atoms with van der Waals surface area (Å²) in [6.45, 7) is 3.71. The molecule has 0 aliphatic heterocycles. The number of amides is 1. The van der Waals surface area contributed by atoms with Crippen molar-refractivity contribution in [2.45, 2.75) is 31.4 Å². The SMILES string of the molecule is CCCOC(=O)C(C)Oc1ccc(Oc2nc3c(c(S(C)(=O)=O)nn3-c3ccccc3)c(=O)n2C(=O)Nc2ccccc2Cl)cc1. The van der Waals surface area contributed by atoms with E-state index in [0.29, 0.717) is 22.4 Å². The first-order chi connectivity index (χ1) is 22.0. The Bertz CT molecular complexity index is 2080. The van der Waals surface area contributed by atoms with Gasteiger partial charge in [-0.15, -0.1) is 0 Å². The van der Waals surface area contributed by atoms with E-state index < -0.39 is 49.9 Å². The maximum atomic E-state index is 14.1. The fourth-order valence-corrected chi connectivity index (χ4v) is 5.24. The quantitative estimate of drug-likeness (QED) is 0.196. The van der Waals surface area contributed by atoms with Gasteiger partial charge in [0.15, 0.2) is 26.6 Å². The number of aromatic nitrogens is 4. The van der Waals surface area contributed by atoms with E-state index in [0.717, 1.165) is 6.26 Å². The zero-order valence-electron chi connectivity index (χ0n) is 24.8. The van der Waals surface area contributed by atoms with Gasteiger partial charge in [-0.2, -0.15) is 14.6 Å². The lowest BCUT2D eigenvalue weighted by atomic mass is 10.3. The van der Waals surface area contributed by atoms with Crippen LogP contribution in [0.25, 0.3) is 16.7 Å². The minimum absolute atomic E-state index is 0.133. The molecule has 3 aromatic carbocycles. The predicted molar refractivity (Wildman–Crippen MR) is 170 cm³/mol. The number of hydrogen-bond acceptors (Lipinski definition) is 10. The number of halogens is 1. The summed E-state index contributed by atoms with van der Waals surface area (Å²) in [6, 6.07) is 19.3. The molecule has 13 nitrogen and oxygen atoms in total. The zero-order chi connectivity index (χ0) is 33.0. The van der Waals surface area contributed by atoms with Crippen molar-refractivity contribution in [1.29, 1.82) is 0 Å². The fourth-order valence-electron chi connectivity index (χ4n) is 4.27. The molecule has 1 amide bonds. The van der Waals surface area contributed by atoms with Gasteiger partial charge in [0, 0.05) is 6.26 Å². The Balaban J connectivity index is 1.61. The number of esters is 1. The van der Waals surface area contributed by atoms with Crippen LogP contribution in [0, 0.1) is 0 Å². The molecule has 46 heavy (non-hydrogen) atoms. The van der Waals surface area contributed by atoms with Crippen LogP contribution < -0.4 is 20.3 Å². The van der Waals surface area contributed by atoms with Crippen molar-refractivity contribution >= 4 is 50.2 Å². The molecule has 0 saturated heterocycles. The molecule has 1 N–H and O–H groups in total. The smallest absolute Gasteiger partial charge is 0.347 e. The third kappa shape index (κ3) is 6.87. The van der Waals surface area contributed by atoms with Crippen LogP contribution in [0.15, 0.2) is 88.7 Å². The second-order valence-corrected chi connectivity index (χ2v) is 12.3. The number of fused-ring (bicyclic) bond motifs is 1. The Labute approximate surface area is 268 Å². The number of carbonyl (C=O) groups is 2. The van der Waals surface area contributed by atoms with Crippen LogP contribution in [0.5, 0.6) is 17.5 Å². The molecular weight excluding hydrogens is 638 g/mol. The van der Waals surface area contributed by atoms with Crippen molar-refractivity contribution < 1.29 is 32.2 Å².